The number of carbonyl (C=O) groups excluding carboxylic acids is 1. The summed E-state index contributed by atoms with van der Waals surface area (Å²) in [6.45, 7) is 34.9. The van der Waals surface area contributed by atoms with Gasteiger partial charge in [-0.3, -0.25) is 4.79 Å². The Morgan fingerprint density at radius 2 is 1.00 bits per heavy atom. The fraction of sp³-hybridized carbons (Fsp3) is 0.962. The van der Waals surface area contributed by atoms with Gasteiger partial charge in [0.25, 0.3) is 0 Å². The molecular formula is C26H56O4Si3. The molecule has 0 radical (unpaired) electrons. The second kappa shape index (κ2) is 10.3. The van der Waals surface area contributed by atoms with E-state index in [0.717, 1.165) is 6.42 Å². The highest BCUT2D eigenvalue weighted by molar-refractivity contribution is 6.75. The molecule has 0 aromatic rings. The van der Waals surface area contributed by atoms with Crippen LogP contribution in [0.4, 0.5) is 0 Å². The molecule has 0 amide bonds. The molecule has 1 unspecified atom stereocenters. The van der Waals surface area contributed by atoms with Crippen molar-refractivity contribution in [3.05, 3.63) is 0 Å². The monoisotopic (exact) mass is 516 g/mol. The lowest BCUT2D eigenvalue weighted by Crippen LogP contribution is -2.54. The van der Waals surface area contributed by atoms with E-state index in [1.54, 1.807) is 0 Å². The molecule has 0 aliphatic heterocycles. The first-order chi connectivity index (χ1) is 14.4. The van der Waals surface area contributed by atoms with Crippen molar-refractivity contribution in [3.8, 4) is 0 Å². The zero-order valence-corrected chi connectivity index (χ0v) is 27.7. The SMILES string of the molecule is CC(C)(C)[Si](C)(C)OCCC1[C@@H](O[Si](C)(C)C(C)(C)C)CC(=O)C[C@H]1O[Si](C)(C)C(C)(C)C. The van der Waals surface area contributed by atoms with E-state index in [9.17, 15) is 4.79 Å². The Hall–Kier alpha value is 0.201. The topological polar surface area (TPSA) is 44.8 Å². The summed E-state index contributed by atoms with van der Waals surface area (Å²) in [5.41, 5.74) is 0. The van der Waals surface area contributed by atoms with Gasteiger partial charge in [-0.25, -0.2) is 0 Å². The lowest BCUT2D eigenvalue weighted by Gasteiger charge is -2.48. The number of hydrogen-bond donors (Lipinski definition) is 0. The van der Waals surface area contributed by atoms with Crippen molar-refractivity contribution in [2.45, 2.75) is 148 Å². The highest BCUT2D eigenvalue weighted by Gasteiger charge is 2.48. The Kier molecular flexibility index (Phi) is 9.74. The molecule has 7 heteroatoms. The largest absolute Gasteiger partial charge is 0.417 e. The second-order valence-electron chi connectivity index (χ2n) is 14.8. The first kappa shape index (κ1) is 31.2. The Labute approximate surface area is 209 Å². The molecule has 0 saturated heterocycles. The van der Waals surface area contributed by atoms with Crippen LogP contribution in [0, 0.1) is 5.92 Å². The Morgan fingerprint density at radius 1 is 0.667 bits per heavy atom. The number of hydrogen-bond acceptors (Lipinski definition) is 4. The summed E-state index contributed by atoms with van der Waals surface area (Å²) in [5, 5.41) is 0.389. The molecule has 1 aliphatic carbocycles. The van der Waals surface area contributed by atoms with Gasteiger partial charge in [-0.2, -0.15) is 0 Å². The van der Waals surface area contributed by atoms with Crippen LogP contribution < -0.4 is 0 Å². The normalized spacial score (nSPS) is 24.3. The van der Waals surface area contributed by atoms with E-state index >= 15 is 0 Å². The van der Waals surface area contributed by atoms with Gasteiger partial charge in [0.1, 0.15) is 5.78 Å². The third-order valence-electron chi connectivity index (χ3n) is 9.04. The fourth-order valence-corrected chi connectivity index (χ4v) is 7.28. The zero-order valence-electron chi connectivity index (χ0n) is 24.7. The quantitative estimate of drug-likeness (QED) is 0.305. The van der Waals surface area contributed by atoms with Crippen LogP contribution >= 0.6 is 0 Å². The van der Waals surface area contributed by atoms with Crippen LogP contribution in [0.5, 0.6) is 0 Å². The molecule has 3 atom stereocenters. The van der Waals surface area contributed by atoms with Crippen LogP contribution in [-0.4, -0.2) is 49.6 Å². The van der Waals surface area contributed by atoms with E-state index in [1.165, 1.54) is 0 Å². The minimum absolute atomic E-state index is 0.0788. The third kappa shape index (κ3) is 8.10. The van der Waals surface area contributed by atoms with Gasteiger partial charge in [-0.1, -0.05) is 62.3 Å². The zero-order chi connectivity index (χ0) is 26.3. The maximum atomic E-state index is 12.9. The predicted octanol–water partition coefficient (Wildman–Crippen LogP) is 8.16. The molecule has 1 fully saturated rings. The lowest BCUT2D eigenvalue weighted by atomic mass is 9.81. The van der Waals surface area contributed by atoms with E-state index < -0.39 is 25.0 Å². The van der Waals surface area contributed by atoms with Crippen LogP contribution in [0.3, 0.4) is 0 Å². The standard InChI is InChI=1S/C26H56O4Si3/c1-24(2,3)31(10,11)28-17-16-21-22(29-32(12,13)25(4,5)6)18-20(27)19-23(21)30-33(14,15)26(7,8)9/h21-23H,16-19H2,1-15H3/t21?,22-,23+. The summed E-state index contributed by atoms with van der Waals surface area (Å²) in [5.74, 6) is 0.472. The van der Waals surface area contributed by atoms with E-state index in [-0.39, 0.29) is 39.0 Å². The molecule has 33 heavy (non-hydrogen) atoms. The molecule has 0 N–H and O–H groups in total. The van der Waals surface area contributed by atoms with Gasteiger partial charge in [0, 0.05) is 25.4 Å². The number of Topliss-reactive ketones (excluding diaryl/α,β-unsaturated/α-hetero) is 1. The van der Waals surface area contributed by atoms with E-state index in [4.69, 9.17) is 13.3 Å². The Bertz CT molecular complexity index is 626. The van der Waals surface area contributed by atoms with Crippen molar-refractivity contribution >= 4 is 30.7 Å². The fourth-order valence-electron chi connectivity index (χ4n) is 3.48. The van der Waals surface area contributed by atoms with Gasteiger partial charge in [-0.05, 0) is 60.8 Å². The van der Waals surface area contributed by atoms with Crippen LogP contribution in [0.25, 0.3) is 0 Å². The average molecular weight is 517 g/mol. The molecule has 0 bridgehead atoms. The van der Waals surface area contributed by atoms with E-state index in [2.05, 4.69) is 102 Å². The summed E-state index contributed by atoms with van der Waals surface area (Å²) < 4.78 is 20.4. The summed E-state index contributed by atoms with van der Waals surface area (Å²) in [6.07, 6.45) is 1.75. The van der Waals surface area contributed by atoms with Crippen molar-refractivity contribution in [1.29, 1.82) is 0 Å². The van der Waals surface area contributed by atoms with Gasteiger partial charge >= 0.3 is 0 Å². The van der Waals surface area contributed by atoms with Crippen molar-refractivity contribution in [1.82, 2.24) is 0 Å². The van der Waals surface area contributed by atoms with E-state index in [0.29, 0.717) is 19.4 Å². The molecule has 1 saturated carbocycles. The molecule has 1 aliphatic rings. The minimum Gasteiger partial charge on any atom is -0.417 e. The first-order valence-corrected chi connectivity index (χ1v) is 21.6. The molecule has 4 nitrogen and oxygen atoms in total. The Morgan fingerprint density at radius 3 is 1.30 bits per heavy atom. The van der Waals surface area contributed by atoms with Gasteiger partial charge in [0.2, 0.25) is 0 Å². The number of carbonyl (C=O) groups is 1. The first-order valence-electron chi connectivity index (χ1n) is 12.9. The van der Waals surface area contributed by atoms with Crippen LogP contribution in [0.15, 0.2) is 0 Å². The molecule has 0 spiro atoms. The summed E-state index contributed by atoms with van der Waals surface area (Å²) in [7, 11) is -5.88. The molecule has 196 valence electrons. The third-order valence-corrected chi connectivity index (χ3v) is 22.6. The van der Waals surface area contributed by atoms with E-state index in [1.807, 2.05) is 0 Å². The molecule has 1 rings (SSSR count). The van der Waals surface area contributed by atoms with Gasteiger partial charge < -0.3 is 13.3 Å². The summed E-state index contributed by atoms with van der Waals surface area (Å²) >= 11 is 0. The predicted molar refractivity (Wildman–Crippen MR) is 150 cm³/mol. The highest BCUT2D eigenvalue weighted by Crippen LogP contribution is 2.44. The summed E-state index contributed by atoms with van der Waals surface area (Å²) in [4.78, 5) is 12.9. The average Bonchev–Trinajstić information content (AvgIpc) is 2.53. The molecular weight excluding hydrogens is 461 g/mol. The van der Waals surface area contributed by atoms with Gasteiger partial charge in [-0.15, -0.1) is 0 Å². The minimum atomic E-state index is -2.02. The lowest BCUT2D eigenvalue weighted by molar-refractivity contribution is -0.130. The summed E-state index contributed by atoms with van der Waals surface area (Å²) in [6, 6.07) is 0. The molecule has 0 aromatic heterocycles. The van der Waals surface area contributed by atoms with Gasteiger partial charge in [0.05, 0.1) is 12.2 Å². The molecule has 0 heterocycles. The van der Waals surface area contributed by atoms with Crippen LogP contribution in [0.2, 0.25) is 54.4 Å². The Balaban J connectivity index is 3.22. The van der Waals surface area contributed by atoms with Crippen molar-refractivity contribution < 1.29 is 18.1 Å². The van der Waals surface area contributed by atoms with Crippen molar-refractivity contribution in [2.24, 2.45) is 5.92 Å². The van der Waals surface area contributed by atoms with Crippen LogP contribution in [-0.2, 0) is 18.1 Å². The number of ketones is 1. The van der Waals surface area contributed by atoms with Crippen molar-refractivity contribution in [2.75, 3.05) is 6.61 Å². The van der Waals surface area contributed by atoms with Gasteiger partial charge in [0.15, 0.2) is 25.0 Å². The maximum absolute atomic E-state index is 12.9. The second-order valence-corrected chi connectivity index (χ2v) is 29.2. The maximum Gasteiger partial charge on any atom is 0.192 e. The molecule has 0 aromatic carbocycles. The van der Waals surface area contributed by atoms with Crippen LogP contribution in [0.1, 0.15) is 81.6 Å². The van der Waals surface area contributed by atoms with Crippen molar-refractivity contribution in [3.63, 3.8) is 0 Å². The number of rotatable bonds is 8. The smallest absolute Gasteiger partial charge is 0.192 e. The highest BCUT2D eigenvalue weighted by atomic mass is 28.4.